The molecule has 2 aliphatic rings. The van der Waals surface area contributed by atoms with Gasteiger partial charge in [0.05, 0.1) is 29.3 Å². The van der Waals surface area contributed by atoms with Crippen molar-refractivity contribution in [1.29, 1.82) is 0 Å². The summed E-state index contributed by atoms with van der Waals surface area (Å²) in [5.74, 6) is 0.109. The van der Waals surface area contributed by atoms with Crippen LogP contribution in [0.15, 0.2) is 48.2 Å². The van der Waals surface area contributed by atoms with Gasteiger partial charge >= 0.3 is 0 Å². The van der Waals surface area contributed by atoms with Gasteiger partial charge in [-0.2, -0.15) is 0 Å². The topological polar surface area (TPSA) is 54.3 Å². The highest BCUT2D eigenvalue weighted by molar-refractivity contribution is 7.09. The normalized spacial score (nSPS) is 22.1. The molecule has 0 saturated carbocycles. The Hall–Kier alpha value is -2.51. The zero-order valence-electron chi connectivity index (χ0n) is 15.2. The Balaban J connectivity index is 1.43. The van der Waals surface area contributed by atoms with Gasteiger partial charge in [-0.05, 0) is 36.8 Å². The number of hydrogen-bond donors (Lipinski definition) is 0. The Labute approximate surface area is 162 Å². The number of nitrogens with zero attached hydrogens (tertiary/aromatic N) is 5. The van der Waals surface area contributed by atoms with Crippen molar-refractivity contribution in [2.24, 2.45) is 0 Å². The first-order valence-electron chi connectivity index (χ1n) is 9.19. The average Bonchev–Trinajstić information content (AvgIpc) is 3.39. The molecule has 0 unspecified atom stereocenters. The molecule has 0 radical (unpaired) electrons. The molecule has 0 N–H and O–H groups in total. The van der Waals surface area contributed by atoms with Crippen molar-refractivity contribution in [3.05, 3.63) is 70.2 Å². The van der Waals surface area contributed by atoms with E-state index in [0.29, 0.717) is 6.54 Å². The summed E-state index contributed by atoms with van der Waals surface area (Å²) in [6, 6.07) is 8.49. The third-order valence-electron chi connectivity index (χ3n) is 5.51. The largest absolute Gasteiger partial charge is 0.337 e. The Morgan fingerprint density at radius 2 is 1.96 bits per heavy atom. The molecule has 6 nitrogen and oxygen atoms in total. The number of pyridine rings is 1. The summed E-state index contributed by atoms with van der Waals surface area (Å²) < 4.78 is 2.17. The smallest absolute Gasteiger partial charge is 0.271 e. The van der Waals surface area contributed by atoms with Crippen molar-refractivity contribution in [2.75, 3.05) is 13.1 Å². The Bertz CT molecular complexity index is 966. The summed E-state index contributed by atoms with van der Waals surface area (Å²) in [5, 5.41) is 3.11. The lowest BCUT2D eigenvalue weighted by Crippen LogP contribution is -2.49. The number of likely N-dealkylation sites (tertiary alicyclic amines) is 1. The SMILES string of the molecule is Cc1nc(CN2C(=O)c3cccn3[C@H]3CN(Cc4ccncc4)C[C@H]32)cs1. The minimum atomic E-state index is 0.109. The molecule has 27 heavy (non-hydrogen) atoms. The lowest BCUT2D eigenvalue weighted by Gasteiger charge is -2.38. The lowest BCUT2D eigenvalue weighted by atomic mass is 10.1. The van der Waals surface area contributed by atoms with E-state index in [1.54, 1.807) is 11.3 Å². The van der Waals surface area contributed by atoms with Crippen molar-refractivity contribution < 1.29 is 4.79 Å². The van der Waals surface area contributed by atoms with Gasteiger partial charge in [0.1, 0.15) is 5.69 Å². The minimum absolute atomic E-state index is 0.109. The molecule has 5 rings (SSSR count). The average molecular weight is 379 g/mol. The van der Waals surface area contributed by atoms with Crippen molar-refractivity contribution in [3.63, 3.8) is 0 Å². The highest BCUT2D eigenvalue weighted by Crippen LogP contribution is 2.35. The molecule has 3 aromatic heterocycles. The third-order valence-corrected chi connectivity index (χ3v) is 6.33. The maximum absolute atomic E-state index is 13.2. The third kappa shape index (κ3) is 2.96. The first kappa shape index (κ1) is 16.6. The zero-order valence-corrected chi connectivity index (χ0v) is 16.0. The summed E-state index contributed by atoms with van der Waals surface area (Å²) in [7, 11) is 0. The second kappa shape index (κ2) is 6.58. The predicted molar refractivity (Wildman–Crippen MR) is 103 cm³/mol. The first-order chi connectivity index (χ1) is 13.2. The van der Waals surface area contributed by atoms with Gasteiger partial charge in [-0.1, -0.05) is 0 Å². The van der Waals surface area contributed by atoms with Crippen molar-refractivity contribution >= 4 is 17.2 Å². The van der Waals surface area contributed by atoms with E-state index in [1.165, 1.54) is 5.56 Å². The number of fused-ring (bicyclic) bond motifs is 3. The van der Waals surface area contributed by atoms with Gasteiger partial charge in [0.25, 0.3) is 5.91 Å². The van der Waals surface area contributed by atoms with Crippen LogP contribution in [0, 0.1) is 6.92 Å². The molecular formula is C20H21N5OS. The molecule has 7 heteroatoms. The first-order valence-corrected chi connectivity index (χ1v) is 10.1. The number of amides is 1. The van der Waals surface area contributed by atoms with Crippen LogP contribution in [0.1, 0.15) is 32.8 Å². The number of aryl methyl sites for hydroxylation is 1. The van der Waals surface area contributed by atoms with E-state index in [2.05, 4.69) is 36.9 Å². The minimum Gasteiger partial charge on any atom is -0.337 e. The fourth-order valence-electron chi connectivity index (χ4n) is 4.31. The molecular weight excluding hydrogens is 358 g/mol. The molecule has 0 spiro atoms. The van der Waals surface area contributed by atoms with Gasteiger partial charge in [0, 0.05) is 43.6 Å². The van der Waals surface area contributed by atoms with Crippen molar-refractivity contribution in [3.8, 4) is 0 Å². The zero-order chi connectivity index (χ0) is 18.4. The van der Waals surface area contributed by atoms with E-state index in [4.69, 9.17) is 0 Å². The van der Waals surface area contributed by atoms with Crippen molar-refractivity contribution in [1.82, 2.24) is 24.3 Å². The van der Waals surface area contributed by atoms with Crippen LogP contribution < -0.4 is 0 Å². The maximum Gasteiger partial charge on any atom is 0.271 e. The summed E-state index contributed by atoms with van der Waals surface area (Å²) in [5.41, 5.74) is 3.02. The second-order valence-electron chi connectivity index (χ2n) is 7.28. The van der Waals surface area contributed by atoms with Crippen molar-refractivity contribution in [2.45, 2.75) is 32.1 Å². The van der Waals surface area contributed by atoms with Crippen LogP contribution in [-0.4, -0.2) is 49.4 Å². The Morgan fingerprint density at radius 1 is 1.15 bits per heavy atom. The van der Waals surface area contributed by atoms with Crippen LogP contribution >= 0.6 is 11.3 Å². The van der Waals surface area contributed by atoms with Gasteiger partial charge in [-0.3, -0.25) is 14.7 Å². The Kier molecular flexibility index (Phi) is 4.06. The molecule has 138 valence electrons. The van der Waals surface area contributed by atoms with Crippen LogP contribution in [0.4, 0.5) is 0 Å². The van der Waals surface area contributed by atoms with Gasteiger partial charge in [-0.25, -0.2) is 4.98 Å². The number of thiazole rings is 1. The number of carbonyl (C=O) groups excluding carboxylic acids is 1. The van der Waals surface area contributed by atoms with E-state index >= 15 is 0 Å². The number of rotatable bonds is 4. The van der Waals surface area contributed by atoms with E-state index in [1.807, 2.05) is 42.5 Å². The molecule has 0 bridgehead atoms. The molecule has 2 aliphatic heterocycles. The monoisotopic (exact) mass is 379 g/mol. The highest BCUT2D eigenvalue weighted by atomic mass is 32.1. The molecule has 3 aromatic rings. The molecule has 0 aromatic carbocycles. The second-order valence-corrected chi connectivity index (χ2v) is 8.34. The number of aromatic nitrogens is 3. The van der Waals surface area contributed by atoms with Crippen LogP contribution in [0.2, 0.25) is 0 Å². The van der Waals surface area contributed by atoms with E-state index in [-0.39, 0.29) is 18.0 Å². The molecule has 1 amide bonds. The summed E-state index contributed by atoms with van der Waals surface area (Å²) in [6.45, 7) is 5.28. The molecule has 0 aliphatic carbocycles. The molecule has 1 saturated heterocycles. The molecule has 1 fully saturated rings. The number of hydrogen-bond acceptors (Lipinski definition) is 5. The van der Waals surface area contributed by atoms with E-state index in [9.17, 15) is 4.79 Å². The quantitative estimate of drug-likeness (QED) is 0.699. The predicted octanol–water partition coefficient (Wildman–Crippen LogP) is 2.73. The van der Waals surface area contributed by atoms with Gasteiger partial charge < -0.3 is 9.47 Å². The van der Waals surface area contributed by atoms with E-state index < -0.39 is 0 Å². The summed E-state index contributed by atoms with van der Waals surface area (Å²) >= 11 is 1.64. The number of carbonyl (C=O) groups is 1. The lowest BCUT2D eigenvalue weighted by molar-refractivity contribution is 0.0553. The van der Waals surface area contributed by atoms with Crippen LogP contribution in [0.5, 0.6) is 0 Å². The standard InChI is InChI=1S/C20H21N5OS/c1-14-22-16(13-27-14)10-25-19-12-23(9-15-4-6-21-7-5-15)11-18(19)24-8-2-3-17(24)20(25)26/h2-8,13,18-19H,9-12H2,1H3/t18-,19+/m0/s1. The maximum atomic E-state index is 13.2. The molecule has 2 atom stereocenters. The van der Waals surface area contributed by atoms with Crippen LogP contribution in [-0.2, 0) is 13.1 Å². The molecule has 5 heterocycles. The Morgan fingerprint density at radius 3 is 2.74 bits per heavy atom. The van der Waals surface area contributed by atoms with Gasteiger partial charge in [0.15, 0.2) is 0 Å². The fourth-order valence-corrected chi connectivity index (χ4v) is 4.91. The summed E-state index contributed by atoms with van der Waals surface area (Å²) in [6.07, 6.45) is 5.72. The van der Waals surface area contributed by atoms with Crippen LogP contribution in [0.3, 0.4) is 0 Å². The van der Waals surface area contributed by atoms with Gasteiger partial charge in [0.2, 0.25) is 0 Å². The highest BCUT2D eigenvalue weighted by Gasteiger charge is 2.44. The van der Waals surface area contributed by atoms with E-state index in [0.717, 1.165) is 36.0 Å². The van der Waals surface area contributed by atoms with Crippen LogP contribution in [0.25, 0.3) is 0 Å². The fraction of sp³-hybridized carbons (Fsp3) is 0.350. The van der Waals surface area contributed by atoms with Gasteiger partial charge in [-0.15, -0.1) is 11.3 Å². The summed E-state index contributed by atoms with van der Waals surface area (Å²) in [4.78, 5) is 26.3.